The third kappa shape index (κ3) is 5.31. The van der Waals surface area contributed by atoms with Crippen LogP contribution in [-0.2, 0) is 15.4 Å². The molecule has 0 unspecified atom stereocenters. The van der Waals surface area contributed by atoms with Crippen molar-refractivity contribution in [3.8, 4) is 5.75 Å². The maximum atomic E-state index is 11.1. The molecule has 0 aromatic heterocycles. The van der Waals surface area contributed by atoms with Crippen molar-refractivity contribution < 1.29 is 14.3 Å². The molecule has 7 nitrogen and oxygen atoms in total. The second kappa shape index (κ2) is 9.34. The number of ether oxygens (including phenoxy) is 2. The van der Waals surface area contributed by atoms with E-state index < -0.39 is 0 Å². The van der Waals surface area contributed by atoms with Crippen molar-refractivity contribution in [3.05, 3.63) is 28.2 Å². The summed E-state index contributed by atoms with van der Waals surface area (Å²) in [7, 11) is 0. The molecular formula is C17H24BrClN4O3. The molecule has 9 heteroatoms. The average Bonchev–Trinajstić information content (AvgIpc) is 2.60. The maximum absolute atomic E-state index is 11.1. The first-order valence-electron chi connectivity index (χ1n) is 8.59. The van der Waals surface area contributed by atoms with Crippen LogP contribution < -0.4 is 4.74 Å². The normalized spacial score (nSPS) is 28.3. The Morgan fingerprint density at radius 1 is 1.08 bits per heavy atom. The molecular weight excluding hydrogens is 424 g/mol. The Morgan fingerprint density at radius 3 is 2.08 bits per heavy atom. The Kier molecular flexibility index (Phi) is 7.13. The average molecular weight is 448 g/mol. The van der Waals surface area contributed by atoms with E-state index in [4.69, 9.17) is 21.1 Å². The highest BCUT2D eigenvalue weighted by Crippen LogP contribution is 2.24. The number of hydrogen-bond donors (Lipinski definition) is 0. The number of rotatable bonds is 5. The molecule has 26 heavy (non-hydrogen) atoms. The molecule has 4 aliphatic heterocycles. The standard InChI is InChI=1S/C11H12BrClO3.C6H12N4/c1-2-15-11(14)7-16-10-4-3-9(12)5-8(10)6-13;1-7-2-9-4-8(1)5-10(3-7)6-9/h3-5H,2,6-7H2,1H3;1-6H2. The van der Waals surface area contributed by atoms with Gasteiger partial charge in [0.15, 0.2) is 6.61 Å². The largest absolute Gasteiger partial charge is 0.482 e. The topological polar surface area (TPSA) is 48.5 Å². The Labute approximate surface area is 167 Å². The number of carbonyl (C=O) groups is 1. The Balaban J connectivity index is 0.000000164. The van der Waals surface area contributed by atoms with E-state index in [1.807, 2.05) is 12.1 Å². The van der Waals surface area contributed by atoms with E-state index in [2.05, 4.69) is 35.5 Å². The zero-order chi connectivity index (χ0) is 18.5. The molecule has 0 amide bonds. The van der Waals surface area contributed by atoms with Crippen LogP contribution in [-0.4, -0.2) is 78.8 Å². The Hall–Kier alpha value is -0.900. The first kappa shape index (κ1) is 19.9. The van der Waals surface area contributed by atoms with Crippen LogP contribution in [0, 0.1) is 0 Å². The van der Waals surface area contributed by atoms with Crippen LogP contribution in [0.3, 0.4) is 0 Å². The minimum absolute atomic E-state index is 0.0979. The summed E-state index contributed by atoms with van der Waals surface area (Å²) in [4.78, 5) is 21.0. The molecule has 0 radical (unpaired) electrons. The highest BCUT2D eigenvalue weighted by Gasteiger charge is 2.36. The lowest BCUT2D eigenvalue weighted by molar-refractivity contribution is -0.194. The molecule has 5 rings (SSSR count). The number of nitrogens with zero attached hydrogens (tertiary/aromatic N) is 4. The minimum Gasteiger partial charge on any atom is -0.482 e. The molecule has 0 atom stereocenters. The van der Waals surface area contributed by atoms with Crippen LogP contribution in [0.1, 0.15) is 12.5 Å². The molecule has 0 N–H and O–H groups in total. The molecule has 144 valence electrons. The molecule has 4 fully saturated rings. The van der Waals surface area contributed by atoms with Crippen LogP contribution in [0.2, 0.25) is 0 Å². The van der Waals surface area contributed by atoms with Crippen LogP contribution >= 0.6 is 27.5 Å². The lowest BCUT2D eigenvalue weighted by atomic mass is 10.2. The summed E-state index contributed by atoms with van der Waals surface area (Å²) >= 11 is 9.10. The van der Waals surface area contributed by atoms with Crippen LogP contribution in [0.4, 0.5) is 0 Å². The summed E-state index contributed by atoms with van der Waals surface area (Å²) in [6.45, 7) is 9.13. The SMILES string of the molecule is C1N2CN3CN1CN(C2)C3.CCOC(=O)COc1ccc(Br)cc1CCl. The van der Waals surface area contributed by atoms with Crippen molar-refractivity contribution in [2.75, 3.05) is 53.2 Å². The molecule has 4 aliphatic rings. The summed E-state index contributed by atoms with van der Waals surface area (Å²) in [5.41, 5.74) is 0.834. The third-order valence-corrected chi connectivity index (χ3v) is 5.00. The van der Waals surface area contributed by atoms with Gasteiger partial charge in [0, 0.05) is 10.0 Å². The summed E-state index contributed by atoms with van der Waals surface area (Å²) in [6, 6.07) is 5.45. The molecule has 1 aromatic rings. The fraction of sp³-hybridized carbons (Fsp3) is 0.588. The number of esters is 1. The van der Waals surface area contributed by atoms with E-state index in [0.29, 0.717) is 18.2 Å². The van der Waals surface area contributed by atoms with Crippen molar-refractivity contribution in [3.63, 3.8) is 0 Å². The quantitative estimate of drug-likeness (QED) is 0.506. The van der Waals surface area contributed by atoms with Crippen LogP contribution in [0.25, 0.3) is 0 Å². The predicted molar refractivity (Wildman–Crippen MR) is 102 cm³/mol. The van der Waals surface area contributed by atoms with Gasteiger partial charge in [0.2, 0.25) is 0 Å². The van der Waals surface area contributed by atoms with E-state index in [9.17, 15) is 4.79 Å². The van der Waals surface area contributed by atoms with E-state index >= 15 is 0 Å². The van der Waals surface area contributed by atoms with Gasteiger partial charge >= 0.3 is 5.97 Å². The van der Waals surface area contributed by atoms with Gasteiger partial charge < -0.3 is 9.47 Å². The lowest BCUT2D eigenvalue weighted by Crippen LogP contribution is -2.71. The van der Waals surface area contributed by atoms with Gasteiger partial charge in [-0.3, -0.25) is 19.6 Å². The molecule has 4 heterocycles. The first-order chi connectivity index (χ1) is 12.6. The van der Waals surface area contributed by atoms with Gasteiger partial charge in [0.25, 0.3) is 0 Å². The Bertz CT molecular complexity index is 577. The summed E-state index contributed by atoms with van der Waals surface area (Å²) < 4.78 is 11.0. The van der Waals surface area contributed by atoms with Crippen LogP contribution in [0.15, 0.2) is 22.7 Å². The molecule has 4 saturated heterocycles. The van der Waals surface area contributed by atoms with E-state index in [-0.39, 0.29) is 12.6 Å². The van der Waals surface area contributed by atoms with Crippen molar-refractivity contribution in [1.29, 1.82) is 0 Å². The minimum atomic E-state index is -0.383. The highest BCUT2D eigenvalue weighted by molar-refractivity contribution is 9.10. The maximum Gasteiger partial charge on any atom is 0.344 e. The fourth-order valence-corrected chi connectivity index (χ4v) is 3.98. The van der Waals surface area contributed by atoms with Crippen molar-refractivity contribution in [2.45, 2.75) is 12.8 Å². The summed E-state index contributed by atoms with van der Waals surface area (Å²) in [5.74, 6) is 0.551. The molecule has 1 aromatic carbocycles. The fourth-order valence-electron chi connectivity index (χ4n) is 3.37. The third-order valence-electron chi connectivity index (χ3n) is 4.22. The smallest absolute Gasteiger partial charge is 0.344 e. The molecule has 0 saturated carbocycles. The lowest BCUT2D eigenvalue weighted by Gasteiger charge is -2.56. The molecule has 0 spiro atoms. The second-order valence-corrected chi connectivity index (χ2v) is 7.69. The van der Waals surface area contributed by atoms with Crippen LogP contribution in [0.5, 0.6) is 5.75 Å². The van der Waals surface area contributed by atoms with Crippen molar-refractivity contribution >= 4 is 33.5 Å². The number of benzene rings is 1. The highest BCUT2D eigenvalue weighted by atomic mass is 79.9. The predicted octanol–water partition coefficient (Wildman–Crippen LogP) is 2.11. The van der Waals surface area contributed by atoms with Gasteiger partial charge in [-0.15, -0.1) is 11.6 Å². The van der Waals surface area contributed by atoms with Gasteiger partial charge in [-0.1, -0.05) is 15.9 Å². The van der Waals surface area contributed by atoms with E-state index in [1.54, 1.807) is 13.0 Å². The number of alkyl halides is 1. The summed E-state index contributed by atoms with van der Waals surface area (Å²) in [5, 5.41) is 0. The summed E-state index contributed by atoms with van der Waals surface area (Å²) in [6.07, 6.45) is 0. The number of halogens is 2. The monoisotopic (exact) mass is 446 g/mol. The zero-order valence-corrected chi connectivity index (χ0v) is 17.2. The molecule has 4 bridgehead atoms. The molecule has 0 aliphatic carbocycles. The van der Waals surface area contributed by atoms with Crippen molar-refractivity contribution in [1.82, 2.24) is 19.6 Å². The van der Waals surface area contributed by atoms with E-state index in [1.165, 1.54) is 40.0 Å². The number of hydrogen-bond acceptors (Lipinski definition) is 7. The van der Waals surface area contributed by atoms with Gasteiger partial charge in [-0.25, -0.2) is 4.79 Å². The Morgan fingerprint density at radius 2 is 1.62 bits per heavy atom. The number of carbonyl (C=O) groups excluding carboxylic acids is 1. The van der Waals surface area contributed by atoms with Gasteiger partial charge in [-0.2, -0.15) is 0 Å². The van der Waals surface area contributed by atoms with Gasteiger partial charge in [0.05, 0.1) is 52.5 Å². The first-order valence-corrected chi connectivity index (χ1v) is 9.92. The second-order valence-electron chi connectivity index (χ2n) is 6.51. The zero-order valence-electron chi connectivity index (χ0n) is 14.9. The van der Waals surface area contributed by atoms with E-state index in [0.717, 1.165) is 10.0 Å². The van der Waals surface area contributed by atoms with Gasteiger partial charge in [-0.05, 0) is 25.1 Å². The van der Waals surface area contributed by atoms with Gasteiger partial charge in [0.1, 0.15) is 5.75 Å². The van der Waals surface area contributed by atoms with Crippen molar-refractivity contribution in [2.24, 2.45) is 0 Å².